The van der Waals surface area contributed by atoms with Crippen molar-refractivity contribution >= 4 is 0 Å². The molecule has 0 atom stereocenters. The molecule has 0 fully saturated rings. The van der Waals surface area contributed by atoms with Crippen LogP contribution in [0, 0.1) is 6.92 Å². The molecule has 0 unspecified atom stereocenters. The molecule has 0 saturated heterocycles. The van der Waals surface area contributed by atoms with Crippen LogP contribution in [-0.2, 0) is 6.42 Å². The second-order valence-corrected chi connectivity index (χ2v) is 2.84. The van der Waals surface area contributed by atoms with E-state index >= 15 is 0 Å². The maximum atomic E-state index is 5.34. The molecule has 1 nitrogen and oxygen atoms in total. The summed E-state index contributed by atoms with van der Waals surface area (Å²) in [6, 6.07) is 8.41. The number of hydrogen-bond acceptors (Lipinski definition) is 1. The molecule has 0 heterocycles. The van der Waals surface area contributed by atoms with Gasteiger partial charge < -0.3 is 5.73 Å². The molecule has 2 N–H and O–H groups in total. The first-order valence-corrected chi connectivity index (χ1v) is 4.24. The third-order valence-electron chi connectivity index (χ3n) is 1.90. The average Bonchev–Trinajstić information content (AvgIpc) is 2.09. The van der Waals surface area contributed by atoms with Gasteiger partial charge in [0.1, 0.15) is 0 Å². The zero-order chi connectivity index (χ0) is 8.81. The number of rotatable bonds is 3. The molecule has 0 spiro atoms. The van der Waals surface area contributed by atoms with Crippen molar-refractivity contribution in [3.05, 3.63) is 47.5 Å². The summed E-state index contributed by atoms with van der Waals surface area (Å²) >= 11 is 0. The Morgan fingerprint density at radius 1 is 1.25 bits per heavy atom. The third-order valence-corrected chi connectivity index (χ3v) is 1.90. The van der Waals surface area contributed by atoms with Gasteiger partial charge in [-0.2, -0.15) is 0 Å². The standard InChI is InChI=1S/C11H15N/c1-10-6-2-3-7-11(10)8-4-5-9-12/h2-7H,8-9,12H2,1H3/b5-4+. The SMILES string of the molecule is Cc1ccccc1C/C=C/CN. The van der Waals surface area contributed by atoms with Crippen molar-refractivity contribution in [2.75, 3.05) is 6.54 Å². The van der Waals surface area contributed by atoms with E-state index in [2.05, 4.69) is 37.3 Å². The average molecular weight is 161 g/mol. The lowest BCUT2D eigenvalue weighted by Crippen LogP contribution is -1.93. The van der Waals surface area contributed by atoms with Gasteiger partial charge in [0, 0.05) is 6.54 Å². The quantitative estimate of drug-likeness (QED) is 0.675. The predicted molar refractivity (Wildman–Crippen MR) is 53.1 cm³/mol. The van der Waals surface area contributed by atoms with Gasteiger partial charge in [0.25, 0.3) is 0 Å². The monoisotopic (exact) mass is 161 g/mol. The van der Waals surface area contributed by atoms with Gasteiger partial charge in [-0.3, -0.25) is 0 Å². The third kappa shape index (κ3) is 2.51. The molecule has 0 amide bonds. The van der Waals surface area contributed by atoms with E-state index in [9.17, 15) is 0 Å². The fraction of sp³-hybridized carbons (Fsp3) is 0.273. The van der Waals surface area contributed by atoms with Crippen LogP contribution in [0.3, 0.4) is 0 Å². The molecule has 1 aromatic carbocycles. The highest BCUT2D eigenvalue weighted by Crippen LogP contribution is 2.07. The summed E-state index contributed by atoms with van der Waals surface area (Å²) in [5.41, 5.74) is 8.07. The summed E-state index contributed by atoms with van der Waals surface area (Å²) in [4.78, 5) is 0. The molecule has 1 aromatic rings. The minimum Gasteiger partial charge on any atom is -0.327 e. The topological polar surface area (TPSA) is 26.0 Å². The van der Waals surface area contributed by atoms with E-state index in [1.165, 1.54) is 11.1 Å². The van der Waals surface area contributed by atoms with E-state index in [0.717, 1.165) is 6.42 Å². The van der Waals surface area contributed by atoms with Crippen LogP contribution in [0.15, 0.2) is 36.4 Å². The molecule has 1 heteroatoms. The van der Waals surface area contributed by atoms with Gasteiger partial charge in [0.15, 0.2) is 0 Å². The Labute approximate surface area is 73.9 Å². The summed E-state index contributed by atoms with van der Waals surface area (Å²) in [5.74, 6) is 0. The molecule has 1 rings (SSSR count). The molecular weight excluding hydrogens is 146 g/mol. The maximum absolute atomic E-state index is 5.34. The van der Waals surface area contributed by atoms with E-state index in [4.69, 9.17) is 5.73 Å². The predicted octanol–water partition coefficient (Wildman–Crippen LogP) is 2.05. The fourth-order valence-electron chi connectivity index (χ4n) is 1.15. The highest BCUT2D eigenvalue weighted by Gasteiger charge is 1.91. The summed E-state index contributed by atoms with van der Waals surface area (Å²) in [7, 11) is 0. The van der Waals surface area contributed by atoms with Crippen molar-refractivity contribution in [2.45, 2.75) is 13.3 Å². The largest absolute Gasteiger partial charge is 0.327 e. The van der Waals surface area contributed by atoms with Crippen molar-refractivity contribution in [3.63, 3.8) is 0 Å². The molecule has 0 saturated carbocycles. The Hall–Kier alpha value is -1.08. The van der Waals surface area contributed by atoms with Crippen molar-refractivity contribution < 1.29 is 0 Å². The van der Waals surface area contributed by atoms with Gasteiger partial charge in [-0.15, -0.1) is 0 Å². The molecule has 64 valence electrons. The van der Waals surface area contributed by atoms with Crippen LogP contribution < -0.4 is 5.73 Å². The highest BCUT2D eigenvalue weighted by atomic mass is 14.5. The number of hydrogen-bond donors (Lipinski definition) is 1. The highest BCUT2D eigenvalue weighted by molar-refractivity contribution is 5.27. The van der Waals surface area contributed by atoms with E-state index in [1.807, 2.05) is 6.08 Å². The summed E-state index contributed by atoms with van der Waals surface area (Å²) < 4.78 is 0. The van der Waals surface area contributed by atoms with Crippen LogP contribution >= 0.6 is 0 Å². The fourth-order valence-corrected chi connectivity index (χ4v) is 1.15. The first-order valence-electron chi connectivity index (χ1n) is 4.24. The van der Waals surface area contributed by atoms with Crippen LogP contribution in [0.2, 0.25) is 0 Å². The molecule has 0 aliphatic rings. The Balaban J connectivity index is 2.63. The van der Waals surface area contributed by atoms with Gasteiger partial charge in [-0.05, 0) is 24.5 Å². The normalized spacial score (nSPS) is 10.8. The molecule has 12 heavy (non-hydrogen) atoms. The Kier molecular flexibility index (Phi) is 3.55. The number of aryl methyl sites for hydroxylation is 1. The number of allylic oxidation sites excluding steroid dienone is 1. The lowest BCUT2D eigenvalue weighted by molar-refractivity contribution is 1.18. The zero-order valence-electron chi connectivity index (χ0n) is 7.46. The van der Waals surface area contributed by atoms with E-state index in [-0.39, 0.29) is 0 Å². The Morgan fingerprint density at radius 3 is 2.67 bits per heavy atom. The lowest BCUT2D eigenvalue weighted by Gasteiger charge is -2.00. The van der Waals surface area contributed by atoms with Crippen molar-refractivity contribution in [1.29, 1.82) is 0 Å². The van der Waals surface area contributed by atoms with Gasteiger partial charge in [0.05, 0.1) is 0 Å². The van der Waals surface area contributed by atoms with Crippen LogP contribution in [0.1, 0.15) is 11.1 Å². The zero-order valence-corrected chi connectivity index (χ0v) is 7.46. The molecule has 0 aliphatic heterocycles. The molecule has 0 radical (unpaired) electrons. The van der Waals surface area contributed by atoms with Crippen LogP contribution in [-0.4, -0.2) is 6.54 Å². The molecule has 0 bridgehead atoms. The van der Waals surface area contributed by atoms with E-state index in [0.29, 0.717) is 6.54 Å². The lowest BCUT2D eigenvalue weighted by atomic mass is 10.1. The first kappa shape index (κ1) is 9.01. The second-order valence-electron chi connectivity index (χ2n) is 2.84. The van der Waals surface area contributed by atoms with Crippen molar-refractivity contribution in [1.82, 2.24) is 0 Å². The second kappa shape index (κ2) is 4.73. The minimum atomic E-state index is 0.631. The summed E-state index contributed by atoms with van der Waals surface area (Å²) in [6.07, 6.45) is 5.10. The summed E-state index contributed by atoms with van der Waals surface area (Å²) in [6.45, 7) is 2.76. The van der Waals surface area contributed by atoms with Gasteiger partial charge in [-0.1, -0.05) is 36.4 Å². The van der Waals surface area contributed by atoms with Gasteiger partial charge in [-0.25, -0.2) is 0 Å². The molecule has 0 aliphatic carbocycles. The van der Waals surface area contributed by atoms with Gasteiger partial charge >= 0.3 is 0 Å². The number of benzene rings is 1. The van der Waals surface area contributed by atoms with Crippen molar-refractivity contribution in [2.24, 2.45) is 5.73 Å². The Morgan fingerprint density at radius 2 is 2.00 bits per heavy atom. The summed E-state index contributed by atoms with van der Waals surface area (Å²) in [5, 5.41) is 0. The maximum Gasteiger partial charge on any atom is 0.0106 e. The van der Waals surface area contributed by atoms with E-state index in [1.54, 1.807) is 0 Å². The van der Waals surface area contributed by atoms with Gasteiger partial charge in [0.2, 0.25) is 0 Å². The van der Waals surface area contributed by atoms with Crippen molar-refractivity contribution in [3.8, 4) is 0 Å². The molecule has 0 aromatic heterocycles. The minimum absolute atomic E-state index is 0.631. The van der Waals surface area contributed by atoms with Crippen LogP contribution in [0.5, 0.6) is 0 Å². The van der Waals surface area contributed by atoms with Crippen LogP contribution in [0.25, 0.3) is 0 Å². The number of nitrogens with two attached hydrogens (primary N) is 1. The Bertz CT molecular complexity index is 263. The van der Waals surface area contributed by atoms with E-state index < -0.39 is 0 Å². The molecular formula is C11H15N. The van der Waals surface area contributed by atoms with Crippen LogP contribution in [0.4, 0.5) is 0 Å². The first-order chi connectivity index (χ1) is 5.84. The smallest absolute Gasteiger partial charge is 0.0106 e.